The highest BCUT2D eigenvalue weighted by molar-refractivity contribution is 4.92. The van der Waals surface area contributed by atoms with Gasteiger partial charge in [0.2, 0.25) is 0 Å². The van der Waals surface area contributed by atoms with Crippen molar-refractivity contribution in [1.82, 2.24) is 4.90 Å². The molecular formula is C11H25NO2. The van der Waals surface area contributed by atoms with Gasteiger partial charge >= 0.3 is 0 Å². The summed E-state index contributed by atoms with van der Waals surface area (Å²) in [6, 6.07) is 0. The molecule has 0 aromatic heterocycles. The molecule has 2 N–H and O–H groups in total. The van der Waals surface area contributed by atoms with Crippen LogP contribution in [0.15, 0.2) is 0 Å². The highest BCUT2D eigenvalue weighted by Crippen LogP contribution is 2.31. The lowest BCUT2D eigenvalue weighted by Crippen LogP contribution is -2.55. The second kappa shape index (κ2) is 5.69. The zero-order valence-electron chi connectivity index (χ0n) is 10.1. The van der Waals surface area contributed by atoms with Gasteiger partial charge in [-0.25, -0.2) is 0 Å². The van der Waals surface area contributed by atoms with E-state index < -0.39 is 0 Å². The van der Waals surface area contributed by atoms with Crippen LogP contribution in [-0.2, 0) is 0 Å². The molecule has 0 bridgehead atoms. The summed E-state index contributed by atoms with van der Waals surface area (Å²) >= 11 is 0. The molecule has 0 amide bonds. The summed E-state index contributed by atoms with van der Waals surface area (Å²) in [6.07, 6.45) is 0.808. The molecule has 2 atom stereocenters. The quantitative estimate of drug-likeness (QED) is 0.619. The van der Waals surface area contributed by atoms with Crippen LogP contribution in [0.3, 0.4) is 0 Å². The number of nitrogens with zero attached hydrogens (tertiary/aromatic N) is 1. The number of aliphatic hydroxyl groups excluding tert-OH is 2. The molecule has 1 heterocycles. The van der Waals surface area contributed by atoms with E-state index in [9.17, 15) is 5.11 Å². The molecule has 0 aromatic rings. The van der Waals surface area contributed by atoms with E-state index in [1.165, 1.54) is 0 Å². The Labute approximate surface area is 87.7 Å². The lowest BCUT2D eigenvalue weighted by molar-refractivity contribution is -0.0402. The molecule has 1 aliphatic rings. The van der Waals surface area contributed by atoms with Crippen LogP contribution in [-0.4, -0.2) is 47.0 Å². The van der Waals surface area contributed by atoms with Crippen LogP contribution < -0.4 is 0 Å². The van der Waals surface area contributed by atoms with Gasteiger partial charge in [0.15, 0.2) is 0 Å². The van der Waals surface area contributed by atoms with E-state index in [-0.39, 0.29) is 18.2 Å². The van der Waals surface area contributed by atoms with Crippen molar-refractivity contribution in [3.8, 4) is 0 Å². The average molecular weight is 203 g/mol. The van der Waals surface area contributed by atoms with Crippen molar-refractivity contribution in [1.29, 1.82) is 0 Å². The van der Waals surface area contributed by atoms with Crippen molar-refractivity contribution in [2.45, 2.75) is 45.8 Å². The molecule has 0 aliphatic carbocycles. The van der Waals surface area contributed by atoms with E-state index in [2.05, 4.69) is 32.7 Å². The van der Waals surface area contributed by atoms with Crippen LogP contribution in [0.1, 0.15) is 34.1 Å². The molecule has 1 fully saturated rings. The maximum atomic E-state index is 9.60. The molecule has 0 spiro atoms. The smallest absolute Gasteiger partial charge is 0.0595 e. The van der Waals surface area contributed by atoms with Gasteiger partial charge in [0, 0.05) is 18.7 Å². The maximum Gasteiger partial charge on any atom is 0.0595 e. The number of aliphatic hydroxyl groups is 2. The first-order valence-electron chi connectivity index (χ1n) is 5.38. The molecule has 1 rings (SSSR count). The van der Waals surface area contributed by atoms with Crippen molar-refractivity contribution in [2.75, 3.05) is 20.2 Å². The van der Waals surface area contributed by atoms with E-state index in [0.717, 1.165) is 13.0 Å². The van der Waals surface area contributed by atoms with Gasteiger partial charge in [-0.15, -0.1) is 0 Å². The molecule has 1 saturated heterocycles. The normalized spacial score (nSPS) is 31.9. The third-order valence-electron chi connectivity index (χ3n) is 3.44. The number of piperidine rings is 1. The fourth-order valence-electron chi connectivity index (χ4n) is 1.68. The summed E-state index contributed by atoms with van der Waals surface area (Å²) in [4.78, 5) is 2.32. The highest BCUT2D eigenvalue weighted by Gasteiger charge is 2.38. The summed E-state index contributed by atoms with van der Waals surface area (Å²) in [6.45, 7) is 9.46. The lowest BCUT2D eigenvalue weighted by atomic mass is 9.79. The molecule has 0 saturated carbocycles. The van der Waals surface area contributed by atoms with Crippen molar-refractivity contribution >= 4 is 0 Å². The first-order valence-corrected chi connectivity index (χ1v) is 5.38. The first-order chi connectivity index (χ1) is 6.37. The van der Waals surface area contributed by atoms with Gasteiger partial charge in [0.05, 0.1) is 6.10 Å². The van der Waals surface area contributed by atoms with E-state index in [1.807, 2.05) is 0 Å². The Hall–Kier alpha value is -0.120. The van der Waals surface area contributed by atoms with E-state index in [1.54, 1.807) is 6.92 Å². The number of hydrogen-bond donors (Lipinski definition) is 2. The van der Waals surface area contributed by atoms with Gasteiger partial charge in [-0.1, -0.05) is 6.92 Å². The zero-order valence-corrected chi connectivity index (χ0v) is 10.1. The third-order valence-corrected chi connectivity index (χ3v) is 3.44. The second-order valence-corrected chi connectivity index (χ2v) is 4.54. The SMILES string of the molecule is CC1C(O)CCN(C)C1(C)C.CCO. The standard InChI is InChI=1S/C9H19NO.C2H6O/c1-7-8(11)5-6-10(4)9(7,2)3;1-2-3/h7-8,11H,5-6H2,1-4H3;3H,2H2,1H3. The van der Waals surface area contributed by atoms with Crippen LogP contribution in [0.2, 0.25) is 0 Å². The summed E-state index contributed by atoms with van der Waals surface area (Å²) in [7, 11) is 2.13. The average Bonchev–Trinajstić information content (AvgIpc) is 2.11. The van der Waals surface area contributed by atoms with Crippen molar-refractivity contribution in [3.63, 3.8) is 0 Å². The molecule has 0 aromatic carbocycles. The number of hydrogen-bond acceptors (Lipinski definition) is 3. The lowest BCUT2D eigenvalue weighted by Gasteiger charge is -2.47. The minimum atomic E-state index is -0.110. The van der Waals surface area contributed by atoms with Gasteiger partial charge in [-0.3, -0.25) is 0 Å². The van der Waals surface area contributed by atoms with Crippen LogP contribution >= 0.6 is 0 Å². The van der Waals surface area contributed by atoms with Crippen molar-refractivity contribution in [3.05, 3.63) is 0 Å². The van der Waals surface area contributed by atoms with Gasteiger partial charge in [0.25, 0.3) is 0 Å². The minimum absolute atomic E-state index is 0.110. The van der Waals surface area contributed by atoms with Gasteiger partial charge in [0.1, 0.15) is 0 Å². The summed E-state index contributed by atoms with van der Waals surface area (Å²) in [5.74, 6) is 0.376. The first kappa shape index (κ1) is 13.9. The molecule has 3 nitrogen and oxygen atoms in total. The molecule has 14 heavy (non-hydrogen) atoms. The maximum absolute atomic E-state index is 9.60. The number of likely N-dealkylation sites (tertiary alicyclic amines) is 1. The number of rotatable bonds is 0. The Morgan fingerprint density at radius 3 is 2.21 bits per heavy atom. The Morgan fingerprint density at radius 2 is 1.86 bits per heavy atom. The zero-order chi connectivity index (χ0) is 11.4. The van der Waals surface area contributed by atoms with Crippen LogP contribution in [0.25, 0.3) is 0 Å². The second-order valence-electron chi connectivity index (χ2n) is 4.54. The fourth-order valence-corrected chi connectivity index (χ4v) is 1.68. The van der Waals surface area contributed by atoms with E-state index in [0.29, 0.717) is 5.92 Å². The minimum Gasteiger partial charge on any atom is -0.397 e. The Morgan fingerprint density at radius 1 is 1.43 bits per heavy atom. The topological polar surface area (TPSA) is 43.7 Å². The molecule has 2 unspecified atom stereocenters. The summed E-state index contributed by atoms with van der Waals surface area (Å²) < 4.78 is 0. The van der Waals surface area contributed by atoms with Gasteiger partial charge < -0.3 is 15.1 Å². The Balaban J connectivity index is 0.000000500. The Bertz CT molecular complexity index is 159. The predicted molar refractivity (Wildman–Crippen MR) is 59.3 cm³/mol. The van der Waals surface area contributed by atoms with E-state index >= 15 is 0 Å². The van der Waals surface area contributed by atoms with Gasteiger partial charge in [-0.05, 0) is 40.2 Å². The van der Waals surface area contributed by atoms with Crippen LogP contribution in [0, 0.1) is 5.92 Å². The molecule has 86 valence electrons. The fraction of sp³-hybridized carbons (Fsp3) is 1.00. The largest absolute Gasteiger partial charge is 0.397 e. The van der Waals surface area contributed by atoms with Crippen molar-refractivity contribution < 1.29 is 10.2 Å². The van der Waals surface area contributed by atoms with Crippen molar-refractivity contribution in [2.24, 2.45) is 5.92 Å². The van der Waals surface area contributed by atoms with Gasteiger partial charge in [-0.2, -0.15) is 0 Å². The summed E-state index contributed by atoms with van der Waals surface area (Å²) in [5.41, 5.74) is 0.150. The predicted octanol–water partition coefficient (Wildman–Crippen LogP) is 1.10. The molecule has 3 heteroatoms. The molecule has 1 aliphatic heterocycles. The highest BCUT2D eigenvalue weighted by atomic mass is 16.3. The Kier molecular flexibility index (Phi) is 5.64. The summed E-state index contributed by atoms with van der Waals surface area (Å²) in [5, 5.41) is 17.2. The van der Waals surface area contributed by atoms with E-state index in [4.69, 9.17) is 5.11 Å². The van der Waals surface area contributed by atoms with Crippen LogP contribution in [0.5, 0.6) is 0 Å². The third kappa shape index (κ3) is 3.23. The molecule has 0 radical (unpaired) electrons. The monoisotopic (exact) mass is 203 g/mol. The molecular weight excluding hydrogens is 178 g/mol. The van der Waals surface area contributed by atoms with Crippen LogP contribution in [0.4, 0.5) is 0 Å².